The molecule has 0 atom stereocenters. The molecular formula is C13H16N4O. The summed E-state index contributed by atoms with van der Waals surface area (Å²) in [5.41, 5.74) is 1.94. The number of rotatable bonds is 3. The first-order chi connectivity index (χ1) is 8.88. The maximum atomic E-state index is 5.36. The fourth-order valence-corrected chi connectivity index (χ4v) is 2.26. The minimum Gasteiger partial charge on any atom is -0.387 e. The summed E-state index contributed by atoms with van der Waals surface area (Å²) in [7, 11) is 1.89. The van der Waals surface area contributed by atoms with E-state index in [9.17, 15) is 0 Å². The van der Waals surface area contributed by atoms with Crippen LogP contribution in [0.3, 0.4) is 0 Å². The van der Waals surface area contributed by atoms with Crippen LogP contribution in [0.1, 0.15) is 12.8 Å². The van der Waals surface area contributed by atoms with Crippen molar-refractivity contribution >= 4 is 11.6 Å². The number of aromatic nitrogens is 2. The highest BCUT2D eigenvalue weighted by Gasteiger charge is 2.19. The molecule has 0 amide bonds. The van der Waals surface area contributed by atoms with Crippen molar-refractivity contribution in [1.82, 2.24) is 10.1 Å². The van der Waals surface area contributed by atoms with Crippen LogP contribution in [0.4, 0.5) is 11.6 Å². The van der Waals surface area contributed by atoms with E-state index in [0.717, 1.165) is 24.3 Å². The standard InChI is InChI=1S/C13H16N4O/c1-14-11-7-3-2-6-10(11)12-15-13(16-18-12)17-8-4-5-9-17/h2-3,6-7,14H,4-5,8-9H2,1H3. The molecule has 18 heavy (non-hydrogen) atoms. The molecule has 1 fully saturated rings. The van der Waals surface area contributed by atoms with Gasteiger partial charge in [-0.05, 0) is 30.1 Å². The quantitative estimate of drug-likeness (QED) is 0.898. The van der Waals surface area contributed by atoms with E-state index >= 15 is 0 Å². The molecule has 0 unspecified atom stereocenters. The third kappa shape index (κ3) is 1.92. The highest BCUT2D eigenvalue weighted by molar-refractivity contribution is 5.72. The second-order valence-corrected chi connectivity index (χ2v) is 4.39. The summed E-state index contributed by atoms with van der Waals surface area (Å²) < 4.78 is 5.36. The van der Waals surface area contributed by atoms with Gasteiger partial charge in [-0.3, -0.25) is 0 Å². The van der Waals surface area contributed by atoms with E-state index in [1.54, 1.807) is 0 Å². The number of para-hydroxylation sites is 1. The third-order valence-electron chi connectivity index (χ3n) is 3.23. The number of hydrogen-bond donors (Lipinski definition) is 1. The largest absolute Gasteiger partial charge is 0.387 e. The van der Waals surface area contributed by atoms with E-state index in [4.69, 9.17) is 4.52 Å². The van der Waals surface area contributed by atoms with E-state index in [1.807, 2.05) is 31.3 Å². The fraction of sp³-hybridized carbons (Fsp3) is 0.385. The highest BCUT2D eigenvalue weighted by atomic mass is 16.5. The average molecular weight is 244 g/mol. The molecule has 3 rings (SSSR count). The molecule has 5 heteroatoms. The first-order valence-electron chi connectivity index (χ1n) is 6.24. The van der Waals surface area contributed by atoms with Gasteiger partial charge >= 0.3 is 0 Å². The van der Waals surface area contributed by atoms with Gasteiger partial charge in [-0.15, -0.1) is 0 Å². The van der Waals surface area contributed by atoms with Crippen LogP contribution in [-0.2, 0) is 0 Å². The predicted octanol–water partition coefficient (Wildman–Crippen LogP) is 2.38. The lowest BCUT2D eigenvalue weighted by molar-refractivity contribution is 0.430. The molecule has 1 N–H and O–H groups in total. The van der Waals surface area contributed by atoms with Gasteiger partial charge in [-0.1, -0.05) is 12.1 Å². The van der Waals surface area contributed by atoms with E-state index in [-0.39, 0.29) is 0 Å². The molecule has 0 radical (unpaired) electrons. The summed E-state index contributed by atoms with van der Waals surface area (Å²) in [6, 6.07) is 7.92. The molecule has 94 valence electrons. The number of hydrogen-bond acceptors (Lipinski definition) is 5. The number of anilines is 2. The normalized spacial score (nSPS) is 15.1. The number of benzene rings is 1. The molecule has 5 nitrogen and oxygen atoms in total. The molecule has 0 bridgehead atoms. The summed E-state index contributed by atoms with van der Waals surface area (Å²) >= 11 is 0. The maximum absolute atomic E-state index is 5.36. The Hall–Kier alpha value is -2.04. The van der Waals surface area contributed by atoms with Crippen LogP contribution in [-0.4, -0.2) is 30.3 Å². The first kappa shape index (κ1) is 11.1. The smallest absolute Gasteiger partial charge is 0.266 e. The molecule has 1 aliphatic heterocycles. The molecule has 1 saturated heterocycles. The van der Waals surface area contributed by atoms with Crippen LogP contribution in [0.15, 0.2) is 28.8 Å². The second kappa shape index (κ2) is 4.68. The second-order valence-electron chi connectivity index (χ2n) is 4.39. The van der Waals surface area contributed by atoms with Gasteiger partial charge in [-0.25, -0.2) is 0 Å². The first-order valence-corrected chi connectivity index (χ1v) is 6.24. The molecule has 2 heterocycles. The van der Waals surface area contributed by atoms with Gasteiger partial charge in [0.2, 0.25) is 0 Å². The zero-order valence-corrected chi connectivity index (χ0v) is 10.4. The van der Waals surface area contributed by atoms with Crippen LogP contribution in [0.2, 0.25) is 0 Å². The summed E-state index contributed by atoms with van der Waals surface area (Å²) in [5.74, 6) is 1.27. The van der Waals surface area contributed by atoms with Gasteiger partial charge in [0.05, 0.1) is 5.56 Å². The topological polar surface area (TPSA) is 54.2 Å². The van der Waals surface area contributed by atoms with Crippen molar-refractivity contribution in [3.8, 4) is 11.5 Å². The van der Waals surface area contributed by atoms with Crippen molar-refractivity contribution in [2.45, 2.75) is 12.8 Å². The van der Waals surface area contributed by atoms with Crippen LogP contribution in [0.25, 0.3) is 11.5 Å². The minimum atomic E-state index is 0.571. The van der Waals surface area contributed by atoms with Crippen molar-refractivity contribution in [1.29, 1.82) is 0 Å². The Morgan fingerprint density at radius 1 is 1.22 bits per heavy atom. The van der Waals surface area contributed by atoms with Crippen LogP contribution in [0, 0.1) is 0 Å². The summed E-state index contributed by atoms with van der Waals surface area (Å²) in [5, 5.41) is 7.19. The molecular weight excluding hydrogens is 228 g/mol. The SMILES string of the molecule is CNc1ccccc1-c1nc(N2CCCC2)no1. The zero-order chi connectivity index (χ0) is 12.4. The van der Waals surface area contributed by atoms with E-state index in [2.05, 4.69) is 20.4 Å². The lowest BCUT2D eigenvalue weighted by Crippen LogP contribution is -2.18. The van der Waals surface area contributed by atoms with Gasteiger partial charge < -0.3 is 14.7 Å². The maximum Gasteiger partial charge on any atom is 0.266 e. The van der Waals surface area contributed by atoms with Crippen molar-refractivity contribution in [2.24, 2.45) is 0 Å². The Balaban J connectivity index is 1.92. The Kier molecular flexibility index (Phi) is 2.88. The molecule has 0 spiro atoms. The summed E-state index contributed by atoms with van der Waals surface area (Å²) in [6.45, 7) is 2.04. The zero-order valence-electron chi connectivity index (χ0n) is 10.4. The fourth-order valence-electron chi connectivity index (χ4n) is 2.26. The minimum absolute atomic E-state index is 0.571. The Morgan fingerprint density at radius 3 is 2.78 bits per heavy atom. The molecule has 2 aromatic rings. The molecule has 1 aromatic carbocycles. The lowest BCUT2D eigenvalue weighted by Gasteiger charge is -2.09. The van der Waals surface area contributed by atoms with E-state index in [0.29, 0.717) is 11.8 Å². The van der Waals surface area contributed by atoms with Gasteiger partial charge in [0.15, 0.2) is 0 Å². The number of nitrogens with one attached hydrogen (secondary N) is 1. The van der Waals surface area contributed by atoms with Gasteiger partial charge in [-0.2, -0.15) is 4.98 Å². The highest BCUT2D eigenvalue weighted by Crippen LogP contribution is 2.28. The Labute approximate surface area is 106 Å². The van der Waals surface area contributed by atoms with Crippen molar-refractivity contribution in [2.75, 3.05) is 30.4 Å². The van der Waals surface area contributed by atoms with Crippen molar-refractivity contribution in [3.63, 3.8) is 0 Å². The molecule has 1 aliphatic rings. The van der Waals surface area contributed by atoms with E-state index < -0.39 is 0 Å². The van der Waals surface area contributed by atoms with Crippen molar-refractivity contribution < 1.29 is 4.52 Å². The molecule has 0 saturated carbocycles. The Bertz CT molecular complexity index is 531. The summed E-state index contributed by atoms with van der Waals surface area (Å²) in [6.07, 6.45) is 2.41. The monoisotopic (exact) mass is 244 g/mol. The molecule has 0 aliphatic carbocycles. The van der Waals surface area contributed by atoms with Crippen molar-refractivity contribution in [3.05, 3.63) is 24.3 Å². The average Bonchev–Trinajstić information content (AvgIpc) is 3.09. The summed E-state index contributed by atoms with van der Waals surface area (Å²) in [4.78, 5) is 6.64. The lowest BCUT2D eigenvalue weighted by atomic mass is 10.2. The van der Waals surface area contributed by atoms with Gasteiger partial charge in [0.1, 0.15) is 0 Å². The third-order valence-corrected chi connectivity index (χ3v) is 3.23. The van der Waals surface area contributed by atoms with Crippen LogP contribution >= 0.6 is 0 Å². The number of nitrogens with zero attached hydrogens (tertiary/aromatic N) is 3. The van der Waals surface area contributed by atoms with E-state index in [1.165, 1.54) is 12.8 Å². The van der Waals surface area contributed by atoms with Crippen LogP contribution < -0.4 is 10.2 Å². The van der Waals surface area contributed by atoms with Crippen LogP contribution in [0.5, 0.6) is 0 Å². The van der Waals surface area contributed by atoms with Gasteiger partial charge in [0.25, 0.3) is 11.8 Å². The molecule has 1 aromatic heterocycles. The Morgan fingerprint density at radius 2 is 2.00 bits per heavy atom. The predicted molar refractivity (Wildman–Crippen MR) is 70.7 cm³/mol. The van der Waals surface area contributed by atoms with Gasteiger partial charge in [0, 0.05) is 25.8 Å².